The minimum atomic E-state index is -0.158. The van der Waals surface area contributed by atoms with Gasteiger partial charge in [0.15, 0.2) is 0 Å². The van der Waals surface area contributed by atoms with Crippen molar-refractivity contribution in [1.29, 1.82) is 0 Å². The zero-order valence-electron chi connectivity index (χ0n) is 13.9. The SMILES string of the molecule is CCOc1ccc(OCC)c(NC(=O)Cc2c(C)noc2C)c1. The molecule has 23 heavy (non-hydrogen) atoms. The van der Waals surface area contributed by atoms with Gasteiger partial charge in [-0.3, -0.25) is 4.79 Å². The van der Waals surface area contributed by atoms with Crippen LogP contribution in [0.4, 0.5) is 5.69 Å². The van der Waals surface area contributed by atoms with E-state index in [0.717, 1.165) is 11.3 Å². The summed E-state index contributed by atoms with van der Waals surface area (Å²) in [5, 5.41) is 6.74. The zero-order chi connectivity index (χ0) is 16.8. The summed E-state index contributed by atoms with van der Waals surface area (Å²) in [5.41, 5.74) is 2.13. The van der Waals surface area contributed by atoms with Crippen LogP contribution >= 0.6 is 0 Å². The smallest absolute Gasteiger partial charge is 0.229 e. The van der Waals surface area contributed by atoms with E-state index in [9.17, 15) is 4.79 Å². The minimum Gasteiger partial charge on any atom is -0.494 e. The maximum absolute atomic E-state index is 12.3. The fourth-order valence-corrected chi connectivity index (χ4v) is 2.25. The lowest BCUT2D eigenvalue weighted by Crippen LogP contribution is -2.16. The number of hydrogen-bond acceptors (Lipinski definition) is 5. The molecule has 0 atom stereocenters. The molecule has 1 amide bonds. The average molecular weight is 318 g/mol. The van der Waals surface area contributed by atoms with Crippen LogP contribution in [0.2, 0.25) is 0 Å². The van der Waals surface area contributed by atoms with E-state index in [4.69, 9.17) is 14.0 Å². The van der Waals surface area contributed by atoms with Gasteiger partial charge in [-0.1, -0.05) is 5.16 Å². The third-order valence-corrected chi connectivity index (χ3v) is 3.35. The molecular weight excluding hydrogens is 296 g/mol. The van der Waals surface area contributed by atoms with E-state index in [1.165, 1.54) is 0 Å². The number of hydrogen-bond donors (Lipinski definition) is 1. The van der Waals surface area contributed by atoms with E-state index in [1.807, 2.05) is 26.8 Å². The monoisotopic (exact) mass is 318 g/mol. The van der Waals surface area contributed by atoms with Crippen LogP contribution in [0.5, 0.6) is 11.5 Å². The number of benzene rings is 1. The molecule has 1 N–H and O–H groups in total. The van der Waals surface area contributed by atoms with Crippen LogP contribution < -0.4 is 14.8 Å². The van der Waals surface area contributed by atoms with Gasteiger partial charge in [-0.25, -0.2) is 0 Å². The minimum absolute atomic E-state index is 0.158. The molecule has 0 unspecified atom stereocenters. The fraction of sp³-hybridized carbons (Fsp3) is 0.412. The first-order valence-electron chi connectivity index (χ1n) is 7.66. The Morgan fingerprint density at radius 3 is 2.57 bits per heavy atom. The van der Waals surface area contributed by atoms with E-state index in [-0.39, 0.29) is 12.3 Å². The van der Waals surface area contributed by atoms with Crippen molar-refractivity contribution < 1.29 is 18.8 Å². The second kappa shape index (κ2) is 7.67. The van der Waals surface area contributed by atoms with E-state index >= 15 is 0 Å². The van der Waals surface area contributed by atoms with E-state index in [2.05, 4.69) is 10.5 Å². The van der Waals surface area contributed by atoms with Crippen LogP contribution in [-0.4, -0.2) is 24.3 Å². The lowest BCUT2D eigenvalue weighted by atomic mass is 10.1. The molecule has 1 aromatic heterocycles. The topological polar surface area (TPSA) is 73.6 Å². The Balaban J connectivity index is 2.16. The number of aromatic nitrogens is 1. The number of nitrogens with one attached hydrogen (secondary N) is 1. The summed E-state index contributed by atoms with van der Waals surface area (Å²) >= 11 is 0. The van der Waals surface area contributed by atoms with Gasteiger partial charge in [0.2, 0.25) is 5.91 Å². The highest BCUT2D eigenvalue weighted by Crippen LogP contribution is 2.29. The Kier molecular flexibility index (Phi) is 5.62. The van der Waals surface area contributed by atoms with Crippen molar-refractivity contribution in [2.24, 2.45) is 0 Å². The third-order valence-electron chi connectivity index (χ3n) is 3.35. The molecule has 0 saturated heterocycles. The Labute approximate surface area is 135 Å². The summed E-state index contributed by atoms with van der Waals surface area (Å²) in [4.78, 5) is 12.3. The molecule has 0 fully saturated rings. The van der Waals surface area contributed by atoms with Gasteiger partial charge in [0.25, 0.3) is 0 Å². The van der Waals surface area contributed by atoms with Crippen LogP contribution in [0.25, 0.3) is 0 Å². The number of carbonyl (C=O) groups excluding carboxylic acids is 1. The van der Waals surface area contributed by atoms with Crippen molar-refractivity contribution in [2.75, 3.05) is 18.5 Å². The zero-order valence-corrected chi connectivity index (χ0v) is 13.9. The molecule has 0 spiro atoms. The van der Waals surface area contributed by atoms with Crippen molar-refractivity contribution >= 4 is 11.6 Å². The first-order chi connectivity index (χ1) is 11.0. The van der Waals surface area contributed by atoms with Gasteiger partial charge in [0, 0.05) is 11.6 Å². The molecule has 6 heteroatoms. The molecule has 0 aliphatic carbocycles. The summed E-state index contributed by atoms with van der Waals surface area (Å²) in [6.45, 7) is 8.49. The molecule has 124 valence electrons. The molecule has 0 saturated carbocycles. The highest BCUT2D eigenvalue weighted by atomic mass is 16.5. The van der Waals surface area contributed by atoms with Gasteiger partial charge < -0.3 is 19.3 Å². The van der Waals surface area contributed by atoms with E-state index in [0.29, 0.717) is 36.2 Å². The first-order valence-corrected chi connectivity index (χ1v) is 7.66. The van der Waals surface area contributed by atoms with Gasteiger partial charge in [0.1, 0.15) is 17.3 Å². The van der Waals surface area contributed by atoms with Gasteiger partial charge in [0.05, 0.1) is 31.0 Å². The van der Waals surface area contributed by atoms with Crippen molar-refractivity contribution in [2.45, 2.75) is 34.1 Å². The molecular formula is C17H22N2O4. The molecule has 0 bridgehead atoms. The maximum atomic E-state index is 12.3. The normalized spacial score (nSPS) is 10.4. The highest BCUT2D eigenvalue weighted by molar-refractivity contribution is 5.94. The lowest BCUT2D eigenvalue weighted by molar-refractivity contribution is -0.115. The summed E-state index contributed by atoms with van der Waals surface area (Å²) in [7, 11) is 0. The quantitative estimate of drug-likeness (QED) is 0.848. The number of anilines is 1. The maximum Gasteiger partial charge on any atom is 0.229 e. The molecule has 0 aliphatic rings. The summed E-state index contributed by atoms with van der Waals surface area (Å²) in [6, 6.07) is 5.37. The van der Waals surface area contributed by atoms with Crippen molar-refractivity contribution in [1.82, 2.24) is 5.16 Å². The Bertz CT molecular complexity index is 660. The first kappa shape index (κ1) is 16.9. The predicted octanol–water partition coefficient (Wildman–Crippen LogP) is 3.27. The lowest BCUT2D eigenvalue weighted by Gasteiger charge is -2.13. The van der Waals surface area contributed by atoms with Gasteiger partial charge in [-0.15, -0.1) is 0 Å². The van der Waals surface area contributed by atoms with Gasteiger partial charge >= 0.3 is 0 Å². The average Bonchev–Trinajstić information content (AvgIpc) is 2.82. The third kappa shape index (κ3) is 4.25. The van der Waals surface area contributed by atoms with E-state index in [1.54, 1.807) is 19.1 Å². The van der Waals surface area contributed by atoms with Crippen LogP contribution in [0.15, 0.2) is 22.7 Å². The number of nitrogens with zero attached hydrogens (tertiary/aromatic N) is 1. The predicted molar refractivity (Wildman–Crippen MR) is 87.1 cm³/mol. The molecule has 6 nitrogen and oxygen atoms in total. The second-order valence-corrected chi connectivity index (χ2v) is 5.05. The number of rotatable bonds is 7. The number of amides is 1. The standard InChI is InChI=1S/C17H22N2O4/c1-5-21-13-7-8-16(22-6-2)15(9-13)18-17(20)10-14-11(3)19-23-12(14)4/h7-9H,5-6,10H2,1-4H3,(H,18,20). The van der Waals surface area contributed by atoms with Gasteiger partial charge in [-0.2, -0.15) is 0 Å². The Morgan fingerprint density at radius 1 is 1.22 bits per heavy atom. The van der Waals surface area contributed by atoms with Gasteiger partial charge in [-0.05, 0) is 39.8 Å². The molecule has 1 aromatic carbocycles. The molecule has 1 heterocycles. The Morgan fingerprint density at radius 2 is 1.96 bits per heavy atom. The fourth-order valence-electron chi connectivity index (χ4n) is 2.25. The molecule has 2 aromatic rings. The van der Waals surface area contributed by atoms with E-state index < -0.39 is 0 Å². The Hall–Kier alpha value is -2.50. The number of aryl methyl sites for hydroxylation is 2. The number of ether oxygens (including phenoxy) is 2. The van der Waals surface area contributed by atoms with Crippen molar-refractivity contribution in [3.8, 4) is 11.5 Å². The van der Waals surface area contributed by atoms with Crippen LogP contribution in [0.3, 0.4) is 0 Å². The van der Waals surface area contributed by atoms with Crippen molar-refractivity contribution in [3.63, 3.8) is 0 Å². The molecule has 0 aliphatic heterocycles. The van der Waals surface area contributed by atoms with Crippen molar-refractivity contribution in [3.05, 3.63) is 35.2 Å². The van der Waals surface area contributed by atoms with Crippen LogP contribution in [0, 0.1) is 13.8 Å². The molecule has 0 radical (unpaired) electrons. The summed E-state index contributed by atoms with van der Waals surface area (Å²) in [6.07, 6.45) is 0.200. The highest BCUT2D eigenvalue weighted by Gasteiger charge is 2.15. The van der Waals surface area contributed by atoms with Crippen LogP contribution in [0.1, 0.15) is 30.9 Å². The van der Waals surface area contributed by atoms with Crippen LogP contribution in [-0.2, 0) is 11.2 Å². The summed E-state index contributed by atoms with van der Waals surface area (Å²) < 4.78 is 16.1. The molecule has 2 rings (SSSR count). The number of carbonyl (C=O) groups is 1. The second-order valence-electron chi connectivity index (χ2n) is 5.05. The largest absolute Gasteiger partial charge is 0.494 e. The summed E-state index contributed by atoms with van der Waals surface area (Å²) in [5.74, 6) is 1.80.